The van der Waals surface area contributed by atoms with Crippen molar-refractivity contribution in [3.63, 3.8) is 0 Å². The number of allylic oxidation sites excluding steroid dienone is 3. The van der Waals surface area contributed by atoms with Crippen molar-refractivity contribution >= 4 is 12.3 Å². The Bertz CT molecular complexity index is 356. The zero-order chi connectivity index (χ0) is 8.39. The van der Waals surface area contributed by atoms with E-state index in [1.54, 1.807) is 0 Å². The third kappa shape index (κ3) is 1.01. The molecule has 0 atom stereocenters. The van der Waals surface area contributed by atoms with Crippen LogP contribution in [0.25, 0.3) is 6.08 Å². The minimum Gasteiger partial charge on any atom is -0.361 e. The fourth-order valence-corrected chi connectivity index (χ4v) is 1.41. The number of aromatic amines is 1. The molecule has 60 valence electrons. The fraction of sp³-hybridized carbons (Fsp3) is 0.100. The lowest BCUT2D eigenvalue weighted by Crippen LogP contribution is -1.86. The maximum absolute atomic E-state index is 7.18. The Morgan fingerprint density at radius 2 is 2.33 bits per heavy atom. The summed E-state index contributed by atoms with van der Waals surface area (Å²) in [7, 11) is 0. The lowest BCUT2D eigenvalue weighted by atomic mass is 10.1. The predicted molar refractivity (Wildman–Crippen MR) is 50.6 cm³/mol. The van der Waals surface area contributed by atoms with Crippen LogP contribution in [0.2, 0.25) is 0 Å². The summed E-state index contributed by atoms with van der Waals surface area (Å²) in [5.74, 6) is 0. The molecule has 0 radical (unpaired) electrons. The van der Waals surface area contributed by atoms with Crippen LogP contribution in [0.1, 0.15) is 16.8 Å². The normalized spacial score (nSPS) is 14.0. The van der Waals surface area contributed by atoms with Gasteiger partial charge in [-0.3, -0.25) is 0 Å². The van der Waals surface area contributed by atoms with Gasteiger partial charge in [0, 0.05) is 23.7 Å². The molecule has 0 spiro atoms. The van der Waals surface area contributed by atoms with Crippen LogP contribution in [-0.4, -0.2) is 11.2 Å². The van der Waals surface area contributed by atoms with Crippen LogP contribution in [0, 0.1) is 5.41 Å². The Balaban J connectivity index is 2.55. The van der Waals surface area contributed by atoms with E-state index in [0.717, 1.165) is 17.7 Å². The molecule has 12 heavy (non-hydrogen) atoms. The fourth-order valence-electron chi connectivity index (χ4n) is 1.41. The van der Waals surface area contributed by atoms with Gasteiger partial charge < -0.3 is 10.4 Å². The second-order valence-corrected chi connectivity index (χ2v) is 2.77. The quantitative estimate of drug-likeness (QED) is 0.588. The first-order chi connectivity index (χ1) is 5.92. The molecule has 2 nitrogen and oxygen atoms in total. The molecule has 1 heterocycles. The molecule has 0 saturated heterocycles. The van der Waals surface area contributed by atoms with Gasteiger partial charge in [-0.05, 0) is 18.1 Å². The summed E-state index contributed by atoms with van der Waals surface area (Å²) < 4.78 is 0. The lowest BCUT2D eigenvalue weighted by molar-refractivity contribution is 1.25. The molecule has 0 bridgehead atoms. The van der Waals surface area contributed by atoms with Crippen molar-refractivity contribution < 1.29 is 0 Å². The van der Waals surface area contributed by atoms with Crippen LogP contribution >= 0.6 is 0 Å². The average Bonchev–Trinajstić information content (AvgIpc) is 2.33. The van der Waals surface area contributed by atoms with Gasteiger partial charge in [-0.25, -0.2) is 0 Å². The minimum absolute atomic E-state index is 0.913. The van der Waals surface area contributed by atoms with Crippen molar-refractivity contribution in [1.82, 2.24) is 4.98 Å². The Morgan fingerprint density at radius 1 is 1.42 bits per heavy atom. The molecule has 0 aliphatic heterocycles. The molecular weight excluding hydrogens is 148 g/mol. The summed E-state index contributed by atoms with van der Waals surface area (Å²) in [5.41, 5.74) is 3.33. The molecule has 2 N–H and O–H groups in total. The van der Waals surface area contributed by atoms with Crippen LogP contribution in [0.5, 0.6) is 0 Å². The smallest absolute Gasteiger partial charge is 0.0422 e. The summed E-state index contributed by atoms with van der Waals surface area (Å²) in [6.45, 7) is 0. The van der Waals surface area contributed by atoms with Crippen molar-refractivity contribution in [1.29, 1.82) is 5.41 Å². The molecule has 1 aliphatic carbocycles. The number of aromatic nitrogens is 1. The number of H-pyrrole nitrogens is 1. The highest BCUT2D eigenvalue weighted by Gasteiger charge is 2.06. The molecule has 0 fully saturated rings. The molecule has 0 amide bonds. The Kier molecular flexibility index (Phi) is 1.67. The Labute approximate surface area is 71.1 Å². The first kappa shape index (κ1) is 7.10. The van der Waals surface area contributed by atoms with E-state index in [4.69, 9.17) is 5.41 Å². The molecular formula is C10H10N2. The van der Waals surface area contributed by atoms with E-state index in [9.17, 15) is 0 Å². The highest BCUT2D eigenvalue weighted by atomic mass is 14.7. The second kappa shape index (κ2) is 2.81. The highest BCUT2D eigenvalue weighted by Crippen LogP contribution is 2.17. The van der Waals surface area contributed by atoms with Crippen LogP contribution in [0.15, 0.2) is 24.4 Å². The third-order valence-corrected chi connectivity index (χ3v) is 2.04. The third-order valence-electron chi connectivity index (χ3n) is 2.04. The lowest BCUT2D eigenvalue weighted by Gasteiger charge is -1.94. The maximum Gasteiger partial charge on any atom is 0.0422 e. The monoisotopic (exact) mass is 158 g/mol. The molecule has 0 unspecified atom stereocenters. The van der Waals surface area contributed by atoms with Crippen LogP contribution in [0.4, 0.5) is 0 Å². The zero-order valence-corrected chi connectivity index (χ0v) is 6.67. The second-order valence-electron chi connectivity index (χ2n) is 2.77. The Hall–Kier alpha value is -1.57. The van der Waals surface area contributed by atoms with E-state index < -0.39 is 0 Å². The van der Waals surface area contributed by atoms with Gasteiger partial charge in [0.25, 0.3) is 0 Å². The largest absolute Gasteiger partial charge is 0.361 e. The minimum atomic E-state index is 0.913. The van der Waals surface area contributed by atoms with E-state index in [0.29, 0.717) is 0 Å². The van der Waals surface area contributed by atoms with Crippen LogP contribution in [0.3, 0.4) is 0 Å². The van der Waals surface area contributed by atoms with Crippen LogP contribution < -0.4 is 0 Å². The van der Waals surface area contributed by atoms with E-state index in [1.807, 2.05) is 24.4 Å². The SMILES string of the molecule is N=Cc1c[nH]c2c1CC=CC=C2. The maximum atomic E-state index is 7.18. The van der Waals surface area contributed by atoms with E-state index in [-0.39, 0.29) is 0 Å². The van der Waals surface area contributed by atoms with E-state index in [1.165, 1.54) is 11.8 Å². The first-order valence-corrected chi connectivity index (χ1v) is 3.96. The molecule has 1 aliphatic rings. The van der Waals surface area contributed by atoms with Gasteiger partial charge in [0.1, 0.15) is 0 Å². The number of rotatable bonds is 1. The number of nitrogens with one attached hydrogen (secondary N) is 2. The molecule has 1 aromatic heterocycles. The zero-order valence-electron chi connectivity index (χ0n) is 6.67. The summed E-state index contributed by atoms with van der Waals surface area (Å²) in [4.78, 5) is 3.14. The van der Waals surface area contributed by atoms with Crippen molar-refractivity contribution in [2.24, 2.45) is 0 Å². The van der Waals surface area contributed by atoms with Crippen molar-refractivity contribution in [3.8, 4) is 0 Å². The van der Waals surface area contributed by atoms with Gasteiger partial charge >= 0.3 is 0 Å². The average molecular weight is 158 g/mol. The number of hydrogen-bond donors (Lipinski definition) is 2. The van der Waals surface area contributed by atoms with Gasteiger partial charge in [-0.15, -0.1) is 0 Å². The van der Waals surface area contributed by atoms with Gasteiger partial charge in [-0.1, -0.05) is 18.2 Å². The van der Waals surface area contributed by atoms with Crippen molar-refractivity contribution in [2.75, 3.05) is 0 Å². The molecule has 1 aromatic rings. The van der Waals surface area contributed by atoms with Gasteiger partial charge in [-0.2, -0.15) is 0 Å². The molecule has 2 heteroatoms. The van der Waals surface area contributed by atoms with Gasteiger partial charge in [0.15, 0.2) is 0 Å². The Morgan fingerprint density at radius 3 is 3.17 bits per heavy atom. The summed E-state index contributed by atoms with van der Waals surface area (Å²) in [6, 6.07) is 0. The van der Waals surface area contributed by atoms with Crippen molar-refractivity contribution in [3.05, 3.63) is 41.2 Å². The van der Waals surface area contributed by atoms with Gasteiger partial charge in [0.05, 0.1) is 0 Å². The first-order valence-electron chi connectivity index (χ1n) is 3.96. The molecule has 0 saturated carbocycles. The topological polar surface area (TPSA) is 39.6 Å². The molecule has 2 rings (SSSR count). The summed E-state index contributed by atoms with van der Waals surface area (Å²) >= 11 is 0. The highest BCUT2D eigenvalue weighted by molar-refractivity contribution is 5.81. The molecule has 0 aromatic carbocycles. The number of hydrogen-bond acceptors (Lipinski definition) is 1. The summed E-state index contributed by atoms with van der Waals surface area (Å²) in [5, 5.41) is 7.18. The predicted octanol–water partition coefficient (Wildman–Crippen LogP) is 2.14. The van der Waals surface area contributed by atoms with Gasteiger partial charge in [0.2, 0.25) is 0 Å². The van der Waals surface area contributed by atoms with E-state index >= 15 is 0 Å². The van der Waals surface area contributed by atoms with Crippen molar-refractivity contribution in [2.45, 2.75) is 6.42 Å². The standard InChI is InChI=1S/C10H10N2/c11-6-8-7-12-10-5-3-1-2-4-9(8)10/h1-3,5-7,11-12H,4H2. The van der Waals surface area contributed by atoms with E-state index in [2.05, 4.69) is 11.1 Å². The summed E-state index contributed by atoms with van der Waals surface area (Å²) in [6.07, 6.45) is 12.4. The van der Waals surface area contributed by atoms with Crippen LogP contribution in [-0.2, 0) is 6.42 Å². The number of fused-ring (bicyclic) bond motifs is 1.